The number of nitrogens with one attached hydrogen (secondary N) is 1. The van der Waals surface area contributed by atoms with Gasteiger partial charge < -0.3 is 10.7 Å². The number of benzene rings is 3. The van der Waals surface area contributed by atoms with Gasteiger partial charge in [0.15, 0.2) is 0 Å². The van der Waals surface area contributed by atoms with Crippen molar-refractivity contribution < 1.29 is 4.79 Å². The van der Waals surface area contributed by atoms with Gasteiger partial charge in [-0.3, -0.25) is 4.79 Å². The molecule has 3 heteroatoms. The number of carbonyl (C=O) groups excluding carboxylic acids is 1. The number of H-pyrrole nitrogens is 1. The Morgan fingerprint density at radius 3 is 2.07 bits per heavy atom. The molecule has 0 aliphatic heterocycles. The molecule has 0 radical (unpaired) electrons. The van der Waals surface area contributed by atoms with Crippen molar-refractivity contribution in [2.75, 3.05) is 0 Å². The van der Waals surface area contributed by atoms with Gasteiger partial charge in [-0.15, -0.1) is 0 Å². The van der Waals surface area contributed by atoms with Crippen molar-refractivity contribution in [2.24, 2.45) is 5.73 Å². The molecule has 0 fully saturated rings. The van der Waals surface area contributed by atoms with Gasteiger partial charge in [0.1, 0.15) is 0 Å². The fourth-order valence-electron chi connectivity index (χ4n) is 3.84. The van der Waals surface area contributed by atoms with E-state index in [0.29, 0.717) is 5.92 Å². The number of amides is 1. The summed E-state index contributed by atoms with van der Waals surface area (Å²) in [6, 6.07) is 26.4. The lowest BCUT2D eigenvalue weighted by Gasteiger charge is -2.17. The molecule has 1 atom stereocenters. The van der Waals surface area contributed by atoms with Gasteiger partial charge in [-0.1, -0.05) is 86.6 Å². The topological polar surface area (TPSA) is 58.9 Å². The SMILES string of the molecule is CC(C)c1ccc(C(C(N)=O)c2c(-c3ccccc3)[nH]c3ccccc23)cc1. The number of para-hydroxylation sites is 1. The summed E-state index contributed by atoms with van der Waals surface area (Å²) in [7, 11) is 0. The number of hydrogen-bond acceptors (Lipinski definition) is 1. The summed E-state index contributed by atoms with van der Waals surface area (Å²) in [5.41, 5.74) is 12.0. The molecule has 3 aromatic carbocycles. The van der Waals surface area contributed by atoms with Crippen LogP contribution in [0.3, 0.4) is 0 Å². The van der Waals surface area contributed by atoms with Crippen LogP contribution < -0.4 is 5.73 Å². The second kappa shape index (κ2) is 7.35. The number of rotatable bonds is 5. The zero-order valence-electron chi connectivity index (χ0n) is 16.1. The summed E-state index contributed by atoms with van der Waals surface area (Å²) in [5, 5.41) is 1.03. The Kier molecular flexibility index (Phi) is 4.74. The summed E-state index contributed by atoms with van der Waals surface area (Å²) >= 11 is 0. The van der Waals surface area contributed by atoms with Crippen LogP contribution >= 0.6 is 0 Å². The van der Waals surface area contributed by atoms with Crippen LogP contribution in [0.5, 0.6) is 0 Å². The second-order valence-corrected chi connectivity index (χ2v) is 7.48. The maximum atomic E-state index is 12.7. The molecule has 3 nitrogen and oxygen atoms in total. The molecule has 1 amide bonds. The van der Waals surface area contributed by atoms with Crippen molar-refractivity contribution in [1.29, 1.82) is 0 Å². The molecule has 0 bridgehead atoms. The Bertz CT molecular complexity index is 1110. The van der Waals surface area contributed by atoms with Crippen molar-refractivity contribution in [3.05, 3.63) is 95.6 Å². The molecule has 0 aliphatic carbocycles. The third kappa shape index (κ3) is 3.20. The number of primary amides is 1. The molecule has 0 saturated heterocycles. The molecule has 0 aliphatic rings. The van der Waals surface area contributed by atoms with Gasteiger partial charge >= 0.3 is 0 Å². The average Bonchev–Trinajstić information content (AvgIpc) is 3.08. The van der Waals surface area contributed by atoms with Gasteiger partial charge in [0.2, 0.25) is 5.91 Å². The molecular formula is C25H24N2O. The maximum Gasteiger partial charge on any atom is 0.229 e. The van der Waals surface area contributed by atoms with Crippen LogP contribution in [-0.2, 0) is 4.79 Å². The van der Waals surface area contributed by atoms with Gasteiger partial charge in [0, 0.05) is 16.5 Å². The van der Waals surface area contributed by atoms with Crippen molar-refractivity contribution in [2.45, 2.75) is 25.7 Å². The Morgan fingerprint density at radius 1 is 0.821 bits per heavy atom. The van der Waals surface area contributed by atoms with E-state index in [1.54, 1.807) is 0 Å². The average molecular weight is 368 g/mol. The first-order chi connectivity index (χ1) is 13.6. The van der Waals surface area contributed by atoms with E-state index in [1.165, 1.54) is 5.56 Å². The Labute approximate surface area is 165 Å². The fraction of sp³-hybridized carbons (Fsp3) is 0.160. The van der Waals surface area contributed by atoms with E-state index in [9.17, 15) is 4.79 Å². The van der Waals surface area contributed by atoms with Gasteiger partial charge in [-0.2, -0.15) is 0 Å². The molecule has 3 N–H and O–H groups in total. The minimum Gasteiger partial charge on any atom is -0.369 e. The Hall–Kier alpha value is -3.33. The molecule has 140 valence electrons. The highest BCUT2D eigenvalue weighted by atomic mass is 16.1. The summed E-state index contributed by atoms with van der Waals surface area (Å²) in [6.07, 6.45) is 0. The highest BCUT2D eigenvalue weighted by molar-refractivity contribution is 5.98. The van der Waals surface area contributed by atoms with E-state index in [0.717, 1.165) is 33.3 Å². The predicted octanol–water partition coefficient (Wildman–Crippen LogP) is 5.58. The van der Waals surface area contributed by atoms with Crippen LogP contribution in [0.1, 0.15) is 42.4 Å². The standard InChI is InChI=1S/C25H24N2O/c1-16(2)17-12-14-18(15-13-17)22(25(26)28)23-20-10-6-7-11-21(20)27-24(23)19-8-4-3-5-9-19/h3-16,22,27H,1-2H3,(H2,26,28). The van der Waals surface area contributed by atoms with Crippen LogP contribution in [-0.4, -0.2) is 10.9 Å². The van der Waals surface area contributed by atoms with E-state index in [4.69, 9.17) is 5.73 Å². The third-order valence-corrected chi connectivity index (χ3v) is 5.32. The van der Waals surface area contributed by atoms with E-state index < -0.39 is 5.92 Å². The highest BCUT2D eigenvalue weighted by Gasteiger charge is 2.27. The maximum absolute atomic E-state index is 12.7. The normalized spacial score (nSPS) is 12.4. The quantitative estimate of drug-likeness (QED) is 0.475. The number of carbonyl (C=O) groups is 1. The number of nitrogens with two attached hydrogens (primary N) is 1. The van der Waals surface area contributed by atoms with E-state index in [1.807, 2.05) is 66.7 Å². The minimum atomic E-state index is -0.521. The second-order valence-electron chi connectivity index (χ2n) is 7.48. The van der Waals surface area contributed by atoms with Crippen molar-refractivity contribution in [1.82, 2.24) is 4.98 Å². The third-order valence-electron chi connectivity index (χ3n) is 5.32. The van der Waals surface area contributed by atoms with Gasteiger partial charge in [-0.05, 0) is 28.7 Å². The number of fused-ring (bicyclic) bond motifs is 1. The first kappa shape index (κ1) is 18.1. The molecule has 1 unspecified atom stereocenters. The van der Waals surface area contributed by atoms with Gasteiger partial charge in [-0.25, -0.2) is 0 Å². The number of aromatic amines is 1. The summed E-state index contributed by atoms with van der Waals surface area (Å²) in [4.78, 5) is 16.2. The molecule has 1 aromatic heterocycles. The predicted molar refractivity (Wildman–Crippen MR) is 115 cm³/mol. The van der Waals surface area contributed by atoms with Crippen LogP contribution in [0, 0.1) is 0 Å². The first-order valence-corrected chi connectivity index (χ1v) is 9.61. The largest absolute Gasteiger partial charge is 0.369 e. The molecule has 0 spiro atoms. The zero-order valence-corrected chi connectivity index (χ0v) is 16.1. The monoisotopic (exact) mass is 368 g/mol. The van der Waals surface area contributed by atoms with Crippen molar-refractivity contribution in [3.63, 3.8) is 0 Å². The summed E-state index contributed by atoms with van der Waals surface area (Å²) < 4.78 is 0. The van der Waals surface area contributed by atoms with Crippen LogP contribution in [0.4, 0.5) is 0 Å². The summed E-state index contributed by atoms with van der Waals surface area (Å²) in [6.45, 7) is 4.32. The zero-order chi connectivity index (χ0) is 19.7. The lowest BCUT2D eigenvalue weighted by molar-refractivity contribution is -0.118. The highest BCUT2D eigenvalue weighted by Crippen LogP contribution is 2.39. The van der Waals surface area contributed by atoms with E-state index >= 15 is 0 Å². The minimum absolute atomic E-state index is 0.348. The summed E-state index contributed by atoms with van der Waals surface area (Å²) in [5.74, 6) is -0.430. The molecule has 4 rings (SSSR count). The lowest BCUT2D eigenvalue weighted by atomic mass is 9.86. The fourth-order valence-corrected chi connectivity index (χ4v) is 3.84. The smallest absolute Gasteiger partial charge is 0.229 e. The van der Waals surface area contributed by atoms with Crippen molar-refractivity contribution >= 4 is 16.8 Å². The molecule has 0 saturated carbocycles. The van der Waals surface area contributed by atoms with Gasteiger partial charge in [0.05, 0.1) is 11.6 Å². The van der Waals surface area contributed by atoms with Crippen molar-refractivity contribution in [3.8, 4) is 11.3 Å². The Morgan fingerprint density at radius 2 is 1.43 bits per heavy atom. The number of hydrogen-bond donors (Lipinski definition) is 2. The van der Waals surface area contributed by atoms with Crippen LogP contribution in [0.25, 0.3) is 22.2 Å². The lowest BCUT2D eigenvalue weighted by Crippen LogP contribution is -2.22. The molecule has 1 heterocycles. The molecule has 4 aromatic rings. The van der Waals surface area contributed by atoms with Crippen LogP contribution in [0.15, 0.2) is 78.9 Å². The molecular weight excluding hydrogens is 344 g/mol. The Balaban J connectivity index is 1.95. The number of aromatic nitrogens is 1. The van der Waals surface area contributed by atoms with Crippen LogP contribution in [0.2, 0.25) is 0 Å². The molecule has 28 heavy (non-hydrogen) atoms. The van der Waals surface area contributed by atoms with E-state index in [-0.39, 0.29) is 5.91 Å². The first-order valence-electron chi connectivity index (χ1n) is 9.61. The van der Waals surface area contributed by atoms with E-state index in [2.05, 4.69) is 31.0 Å². The van der Waals surface area contributed by atoms with Gasteiger partial charge in [0.25, 0.3) is 0 Å².